The van der Waals surface area contributed by atoms with E-state index in [4.69, 9.17) is 15.5 Å². The van der Waals surface area contributed by atoms with Gasteiger partial charge in [-0.15, -0.1) is 0 Å². The van der Waals surface area contributed by atoms with E-state index in [0.29, 0.717) is 36.8 Å². The van der Waals surface area contributed by atoms with Crippen molar-refractivity contribution < 1.29 is 26.3 Å². The maximum atomic E-state index is 14.2. The molecular formula is C29H36F3N7O3S. The molecule has 3 N–H and O–H groups in total. The highest BCUT2D eigenvalue weighted by Crippen LogP contribution is 2.45. The van der Waals surface area contributed by atoms with Gasteiger partial charge in [0.25, 0.3) is 0 Å². The average Bonchev–Trinajstić information content (AvgIpc) is 3.55. The van der Waals surface area contributed by atoms with E-state index in [1.54, 1.807) is 0 Å². The number of fused-ring (bicyclic) bond motifs is 4. The fourth-order valence-corrected chi connectivity index (χ4v) is 9.77. The summed E-state index contributed by atoms with van der Waals surface area (Å²) in [6.45, 7) is 8.90. The Labute approximate surface area is 248 Å². The van der Waals surface area contributed by atoms with Crippen molar-refractivity contribution in [1.82, 2.24) is 25.2 Å². The fourth-order valence-electron chi connectivity index (χ4n) is 7.95. The summed E-state index contributed by atoms with van der Waals surface area (Å²) in [6.07, 6.45) is -0.209. The van der Waals surface area contributed by atoms with Crippen LogP contribution in [0.15, 0.2) is 18.2 Å². The number of aryl methyl sites for hydroxylation is 1. The van der Waals surface area contributed by atoms with E-state index in [0.717, 1.165) is 56.8 Å². The number of nitrogen functional groups attached to an aromatic ring is 1. The number of anilines is 2. The molecule has 4 saturated heterocycles. The summed E-state index contributed by atoms with van der Waals surface area (Å²) in [7, 11) is -4.13. The molecule has 2 aromatic rings. The summed E-state index contributed by atoms with van der Waals surface area (Å²) >= 11 is 0. The van der Waals surface area contributed by atoms with Gasteiger partial charge in [-0.25, -0.2) is 13.4 Å². The predicted octanol–water partition coefficient (Wildman–Crippen LogP) is 3.11. The van der Waals surface area contributed by atoms with Gasteiger partial charge in [0.15, 0.2) is 9.84 Å². The van der Waals surface area contributed by atoms with Crippen molar-refractivity contribution in [3.63, 3.8) is 0 Å². The van der Waals surface area contributed by atoms with Crippen LogP contribution in [-0.2, 0) is 28.2 Å². The monoisotopic (exact) mass is 619 g/mol. The van der Waals surface area contributed by atoms with Crippen molar-refractivity contribution in [3.05, 3.63) is 46.3 Å². The normalized spacial score (nSPS) is 30.0. The fraction of sp³-hybridized carbons (Fsp3) is 0.621. The van der Waals surface area contributed by atoms with Crippen LogP contribution >= 0.6 is 0 Å². The lowest BCUT2D eigenvalue weighted by molar-refractivity contribution is -0.139. The molecule has 10 nitrogen and oxygen atoms in total. The van der Waals surface area contributed by atoms with Gasteiger partial charge in [-0.1, -0.05) is 12.2 Å². The number of hydrogen-bond donors (Lipinski definition) is 2. The number of pyridine rings is 1. The highest BCUT2D eigenvalue weighted by Gasteiger charge is 2.48. The molecule has 0 spiro atoms. The second-order valence-electron chi connectivity index (χ2n) is 12.9. The number of piperazine rings is 1. The Morgan fingerprint density at radius 3 is 2.67 bits per heavy atom. The van der Waals surface area contributed by atoms with Crippen LogP contribution in [0.3, 0.4) is 0 Å². The van der Waals surface area contributed by atoms with Crippen molar-refractivity contribution in [3.8, 4) is 6.01 Å². The number of ether oxygens (including phenoxy) is 1. The third kappa shape index (κ3) is 5.04. The van der Waals surface area contributed by atoms with Crippen LogP contribution in [0.1, 0.15) is 65.4 Å². The molecule has 0 saturated carbocycles. The standard InChI is InChI=1S/C29H36F3N7O3S/c1-16-10-28(6-3-7-39(28)11-16)15-42-27-35-21-9-22(25-24(29(30,31)32)17(2)8-23(33)36-25)43(40,41)14-20(21)26(37-27)38-12-18-4-5-19(13-38)34-18/h8,18-19,22,34H,1,3-7,9-15H2,2H3,(H2,33,36)/t18?,19?,22-,28+/m1/s1. The summed E-state index contributed by atoms with van der Waals surface area (Å²) in [6, 6.07) is 1.74. The molecule has 0 aromatic carbocycles. The van der Waals surface area contributed by atoms with Crippen LogP contribution in [0, 0.1) is 6.92 Å². The zero-order chi connectivity index (χ0) is 30.3. The Balaban J connectivity index is 1.29. The molecule has 7 heterocycles. The summed E-state index contributed by atoms with van der Waals surface area (Å²) in [5.41, 5.74) is 5.81. The second kappa shape index (κ2) is 10.0. The van der Waals surface area contributed by atoms with Crippen LogP contribution in [0.5, 0.6) is 6.01 Å². The summed E-state index contributed by atoms with van der Waals surface area (Å²) < 4.78 is 76.6. The van der Waals surface area contributed by atoms with Gasteiger partial charge in [0.05, 0.1) is 28.2 Å². The molecule has 0 radical (unpaired) electrons. The smallest absolute Gasteiger partial charge is 0.418 e. The van der Waals surface area contributed by atoms with E-state index in [1.807, 2.05) is 0 Å². The number of sulfone groups is 1. The molecule has 43 heavy (non-hydrogen) atoms. The van der Waals surface area contributed by atoms with Crippen LogP contribution in [0.2, 0.25) is 0 Å². The van der Waals surface area contributed by atoms with Gasteiger partial charge in [0.2, 0.25) is 0 Å². The van der Waals surface area contributed by atoms with Crippen LogP contribution in [0.4, 0.5) is 24.8 Å². The lowest BCUT2D eigenvalue weighted by Crippen LogP contribution is -2.52. The molecule has 5 aliphatic rings. The summed E-state index contributed by atoms with van der Waals surface area (Å²) in [4.78, 5) is 17.9. The minimum atomic E-state index is -4.81. The lowest BCUT2D eigenvalue weighted by atomic mass is 9.94. The number of nitrogens with two attached hydrogens (primary N) is 1. The van der Waals surface area contributed by atoms with Crippen molar-refractivity contribution in [1.29, 1.82) is 0 Å². The lowest BCUT2D eigenvalue weighted by Gasteiger charge is -2.37. The van der Waals surface area contributed by atoms with E-state index in [1.165, 1.54) is 6.92 Å². The number of nitrogens with one attached hydrogen (secondary N) is 1. The molecule has 2 bridgehead atoms. The van der Waals surface area contributed by atoms with Gasteiger partial charge in [-0.3, -0.25) is 4.90 Å². The maximum absolute atomic E-state index is 14.2. The SMILES string of the molecule is C=C1CN2CCC[C@@]2(COc2nc3c(c(N4CC5CCC(C4)N5)n2)CS(=O)(=O)[C@@H](c2nc(N)cc(C)c2C(F)(F)F)C3)C1. The molecule has 0 aliphatic carbocycles. The Morgan fingerprint density at radius 1 is 1.21 bits per heavy atom. The minimum Gasteiger partial charge on any atom is -0.461 e. The molecule has 4 atom stereocenters. The van der Waals surface area contributed by atoms with Crippen LogP contribution < -0.4 is 20.7 Å². The number of hydrogen-bond acceptors (Lipinski definition) is 10. The number of halogens is 3. The third-order valence-electron chi connectivity index (χ3n) is 9.78. The molecule has 14 heteroatoms. The van der Waals surface area contributed by atoms with Gasteiger partial charge in [0, 0.05) is 43.7 Å². The Hall–Kier alpha value is -2.97. The molecule has 4 fully saturated rings. The number of alkyl halides is 3. The zero-order valence-corrected chi connectivity index (χ0v) is 24.9. The summed E-state index contributed by atoms with van der Waals surface area (Å²) in [5, 5.41) is 2.02. The maximum Gasteiger partial charge on any atom is 0.418 e. The minimum absolute atomic E-state index is 0.115. The van der Waals surface area contributed by atoms with E-state index in [9.17, 15) is 21.6 Å². The first-order chi connectivity index (χ1) is 20.3. The molecule has 232 valence electrons. The van der Waals surface area contributed by atoms with Crippen molar-refractivity contribution >= 4 is 21.5 Å². The Morgan fingerprint density at radius 2 is 1.95 bits per heavy atom. The topological polar surface area (TPSA) is 127 Å². The molecule has 2 aromatic heterocycles. The molecule has 2 unspecified atom stereocenters. The molecule has 0 amide bonds. The van der Waals surface area contributed by atoms with E-state index >= 15 is 0 Å². The highest BCUT2D eigenvalue weighted by atomic mass is 32.2. The quantitative estimate of drug-likeness (QED) is 0.482. The highest BCUT2D eigenvalue weighted by molar-refractivity contribution is 7.91. The van der Waals surface area contributed by atoms with Gasteiger partial charge < -0.3 is 20.7 Å². The first-order valence-electron chi connectivity index (χ1n) is 14.8. The van der Waals surface area contributed by atoms with Gasteiger partial charge in [0.1, 0.15) is 23.5 Å². The Bertz CT molecular complexity index is 1590. The molecule has 5 aliphatic heterocycles. The van der Waals surface area contributed by atoms with Gasteiger partial charge >= 0.3 is 12.2 Å². The van der Waals surface area contributed by atoms with Crippen molar-refractivity contribution in [2.45, 2.75) is 80.3 Å². The first kappa shape index (κ1) is 28.8. The van der Waals surface area contributed by atoms with Crippen LogP contribution in [-0.4, -0.2) is 78.7 Å². The number of aromatic nitrogens is 3. The van der Waals surface area contributed by atoms with Crippen molar-refractivity contribution in [2.24, 2.45) is 0 Å². The number of nitrogens with zero attached hydrogens (tertiary/aromatic N) is 5. The summed E-state index contributed by atoms with van der Waals surface area (Å²) in [5.74, 6) is -0.166. The van der Waals surface area contributed by atoms with Crippen LogP contribution in [0.25, 0.3) is 0 Å². The Kier molecular flexibility index (Phi) is 6.71. The molecular weight excluding hydrogens is 583 g/mol. The van der Waals surface area contributed by atoms with E-state index < -0.39 is 38.3 Å². The zero-order valence-electron chi connectivity index (χ0n) is 24.1. The number of rotatable bonds is 5. The van der Waals surface area contributed by atoms with E-state index in [2.05, 4.69) is 31.7 Å². The van der Waals surface area contributed by atoms with Crippen molar-refractivity contribution in [2.75, 3.05) is 43.4 Å². The second-order valence-corrected chi connectivity index (χ2v) is 15.1. The van der Waals surface area contributed by atoms with E-state index in [-0.39, 0.29) is 41.4 Å². The van der Waals surface area contributed by atoms with Gasteiger partial charge in [-0.05, 0) is 57.2 Å². The predicted molar refractivity (Wildman–Crippen MR) is 154 cm³/mol. The average molecular weight is 620 g/mol. The molecule has 7 rings (SSSR count). The van der Waals surface area contributed by atoms with Gasteiger partial charge in [-0.2, -0.15) is 23.1 Å². The third-order valence-corrected chi connectivity index (χ3v) is 11.7. The first-order valence-corrected chi connectivity index (χ1v) is 16.5. The largest absolute Gasteiger partial charge is 0.461 e.